The second-order valence-corrected chi connectivity index (χ2v) is 5.23. The first-order chi connectivity index (χ1) is 10.6. The number of nitrogens with one attached hydrogen (secondary N) is 1. The van der Waals surface area contributed by atoms with E-state index in [1.165, 1.54) is 4.57 Å². The lowest BCUT2D eigenvalue weighted by Gasteiger charge is -2.23. The molecule has 1 aromatic carbocycles. The summed E-state index contributed by atoms with van der Waals surface area (Å²) in [7, 11) is 0. The lowest BCUT2D eigenvalue weighted by Crippen LogP contribution is -2.26. The Bertz CT molecular complexity index is 755. The zero-order valence-corrected chi connectivity index (χ0v) is 12.5. The van der Waals surface area contributed by atoms with Crippen LogP contribution in [0, 0.1) is 0 Å². The van der Waals surface area contributed by atoms with Gasteiger partial charge in [0.05, 0.1) is 6.20 Å². The molecule has 0 saturated carbocycles. The molecule has 0 fully saturated rings. The minimum atomic E-state index is -0.325. The van der Waals surface area contributed by atoms with Gasteiger partial charge in [0.2, 0.25) is 0 Å². The molecule has 7 heteroatoms. The predicted molar refractivity (Wildman–Crippen MR) is 83.2 cm³/mol. The number of para-hydroxylation sites is 1. The molecule has 0 spiro atoms. The normalized spacial score (nSPS) is 12.2. The van der Waals surface area contributed by atoms with Crippen LogP contribution < -0.4 is 26.2 Å². The van der Waals surface area contributed by atoms with Crippen LogP contribution in [-0.2, 0) is 0 Å². The standard InChI is InChI=1S/C15H18N4O3/c1-9(2)19-8-12-14(18-15(19)20)17-13-10(21-7-6-16)4-3-5-11(13)22-12/h3-5,8-9H,6-7,16H2,1-2H3,(H,17,18,20). The van der Waals surface area contributed by atoms with Crippen LogP contribution in [0.4, 0.5) is 11.5 Å². The molecule has 1 aliphatic rings. The largest absolute Gasteiger partial charge is 0.490 e. The zero-order chi connectivity index (χ0) is 15.7. The summed E-state index contributed by atoms with van der Waals surface area (Å²) in [6.45, 7) is 4.64. The first-order valence-electron chi connectivity index (χ1n) is 7.14. The fourth-order valence-corrected chi connectivity index (χ4v) is 2.23. The molecule has 0 aliphatic carbocycles. The summed E-state index contributed by atoms with van der Waals surface area (Å²) in [4.78, 5) is 16.1. The van der Waals surface area contributed by atoms with Crippen LogP contribution >= 0.6 is 0 Å². The van der Waals surface area contributed by atoms with Gasteiger partial charge >= 0.3 is 5.69 Å². The summed E-state index contributed by atoms with van der Waals surface area (Å²) in [5, 5.41) is 3.11. The maximum absolute atomic E-state index is 12.0. The first kappa shape index (κ1) is 14.4. The molecule has 2 heterocycles. The van der Waals surface area contributed by atoms with Crippen LogP contribution in [0.25, 0.3) is 0 Å². The summed E-state index contributed by atoms with van der Waals surface area (Å²) in [5.74, 6) is 2.14. The highest BCUT2D eigenvalue weighted by Crippen LogP contribution is 2.45. The van der Waals surface area contributed by atoms with Crippen molar-refractivity contribution in [2.75, 3.05) is 18.5 Å². The SMILES string of the molecule is CC(C)n1cc2c(nc1=O)Nc1c(OCCN)cccc1O2. The Balaban J connectivity index is 2.00. The third kappa shape index (κ3) is 2.50. The number of ether oxygens (including phenoxy) is 2. The van der Waals surface area contributed by atoms with E-state index in [0.717, 1.165) is 0 Å². The lowest BCUT2D eigenvalue weighted by atomic mass is 10.2. The van der Waals surface area contributed by atoms with Crippen molar-refractivity contribution in [1.82, 2.24) is 9.55 Å². The molecule has 0 unspecified atom stereocenters. The first-order valence-corrected chi connectivity index (χ1v) is 7.14. The lowest BCUT2D eigenvalue weighted by molar-refractivity contribution is 0.327. The van der Waals surface area contributed by atoms with Gasteiger partial charge in [-0.15, -0.1) is 0 Å². The van der Waals surface area contributed by atoms with E-state index in [-0.39, 0.29) is 11.7 Å². The molecule has 0 atom stereocenters. The highest BCUT2D eigenvalue weighted by Gasteiger charge is 2.23. The minimum Gasteiger partial charge on any atom is -0.490 e. The zero-order valence-electron chi connectivity index (χ0n) is 12.5. The number of hydrogen-bond donors (Lipinski definition) is 2. The van der Waals surface area contributed by atoms with Crippen LogP contribution in [0.5, 0.6) is 17.2 Å². The number of hydrogen-bond acceptors (Lipinski definition) is 6. The second kappa shape index (κ2) is 5.69. The number of nitrogens with two attached hydrogens (primary N) is 1. The van der Waals surface area contributed by atoms with E-state index in [9.17, 15) is 4.79 Å². The van der Waals surface area contributed by atoms with Gasteiger partial charge in [-0.1, -0.05) is 6.07 Å². The minimum absolute atomic E-state index is 0.00881. The quantitative estimate of drug-likeness (QED) is 0.766. The molecule has 3 N–H and O–H groups in total. The number of fused-ring (bicyclic) bond motifs is 2. The molecule has 116 valence electrons. The van der Waals surface area contributed by atoms with E-state index in [1.54, 1.807) is 6.20 Å². The Morgan fingerprint density at radius 3 is 2.95 bits per heavy atom. The topological polar surface area (TPSA) is 91.4 Å². The van der Waals surface area contributed by atoms with Crippen molar-refractivity contribution < 1.29 is 9.47 Å². The molecule has 22 heavy (non-hydrogen) atoms. The van der Waals surface area contributed by atoms with Crippen LogP contribution in [0.2, 0.25) is 0 Å². The smallest absolute Gasteiger partial charge is 0.350 e. The Kier molecular flexibility index (Phi) is 3.72. The van der Waals surface area contributed by atoms with Gasteiger partial charge in [-0.3, -0.25) is 4.57 Å². The fourth-order valence-electron chi connectivity index (χ4n) is 2.23. The van der Waals surface area contributed by atoms with E-state index in [0.29, 0.717) is 41.9 Å². The number of benzene rings is 1. The Labute approximate surface area is 127 Å². The summed E-state index contributed by atoms with van der Waals surface area (Å²) in [6.07, 6.45) is 1.67. The molecular formula is C15H18N4O3. The molecular weight excluding hydrogens is 284 g/mol. The number of nitrogens with zero attached hydrogens (tertiary/aromatic N) is 2. The van der Waals surface area contributed by atoms with Gasteiger partial charge in [0.25, 0.3) is 0 Å². The third-order valence-electron chi connectivity index (χ3n) is 3.30. The number of anilines is 2. The average Bonchev–Trinajstić information content (AvgIpc) is 2.50. The number of aromatic nitrogens is 2. The van der Waals surface area contributed by atoms with Crippen molar-refractivity contribution in [3.63, 3.8) is 0 Å². The molecule has 0 saturated heterocycles. The van der Waals surface area contributed by atoms with Crippen molar-refractivity contribution in [2.45, 2.75) is 19.9 Å². The van der Waals surface area contributed by atoms with Crippen molar-refractivity contribution in [3.05, 3.63) is 34.9 Å². The van der Waals surface area contributed by atoms with Crippen molar-refractivity contribution in [1.29, 1.82) is 0 Å². The van der Waals surface area contributed by atoms with Gasteiger partial charge in [-0.2, -0.15) is 4.98 Å². The summed E-state index contributed by atoms with van der Waals surface area (Å²) < 4.78 is 13.0. The fraction of sp³-hybridized carbons (Fsp3) is 0.333. The molecule has 2 aromatic rings. The highest BCUT2D eigenvalue weighted by molar-refractivity contribution is 5.77. The van der Waals surface area contributed by atoms with Gasteiger partial charge in [0.15, 0.2) is 17.3 Å². The van der Waals surface area contributed by atoms with Crippen molar-refractivity contribution in [3.8, 4) is 17.2 Å². The highest BCUT2D eigenvalue weighted by atomic mass is 16.5. The molecule has 1 aliphatic heterocycles. The van der Waals surface area contributed by atoms with E-state index in [4.69, 9.17) is 15.2 Å². The Morgan fingerprint density at radius 2 is 2.23 bits per heavy atom. The van der Waals surface area contributed by atoms with Gasteiger partial charge < -0.3 is 20.5 Å². The molecule has 1 aromatic heterocycles. The van der Waals surface area contributed by atoms with E-state index < -0.39 is 0 Å². The predicted octanol–water partition coefficient (Wildman–Crippen LogP) is 2.01. The summed E-state index contributed by atoms with van der Waals surface area (Å²) in [6, 6.07) is 5.48. The van der Waals surface area contributed by atoms with Crippen molar-refractivity contribution >= 4 is 11.5 Å². The van der Waals surface area contributed by atoms with E-state index >= 15 is 0 Å². The monoisotopic (exact) mass is 302 g/mol. The van der Waals surface area contributed by atoms with E-state index in [1.807, 2.05) is 32.0 Å². The molecule has 0 radical (unpaired) electrons. The molecule has 0 amide bonds. The van der Waals surface area contributed by atoms with Crippen molar-refractivity contribution in [2.24, 2.45) is 5.73 Å². The summed E-state index contributed by atoms with van der Waals surface area (Å²) >= 11 is 0. The summed E-state index contributed by atoms with van der Waals surface area (Å²) in [5.41, 5.74) is 5.79. The number of rotatable bonds is 4. The maximum atomic E-state index is 12.0. The average molecular weight is 302 g/mol. The van der Waals surface area contributed by atoms with Gasteiger partial charge in [-0.05, 0) is 26.0 Å². The van der Waals surface area contributed by atoms with Gasteiger partial charge in [0.1, 0.15) is 18.0 Å². The van der Waals surface area contributed by atoms with Crippen LogP contribution in [0.15, 0.2) is 29.2 Å². The molecule has 7 nitrogen and oxygen atoms in total. The van der Waals surface area contributed by atoms with Gasteiger partial charge in [-0.25, -0.2) is 4.79 Å². The second-order valence-electron chi connectivity index (χ2n) is 5.23. The molecule has 0 bridgehead atoms. The van der Waals surface area contributed by atoms with Crippen LogP contribution in [-0.4, -0.2) is 22.7 Å². The third-order valence-corrected chi connectivity index (χ3v) is 3.30. The molecule has 3 rings (SSSR count). The Hall–Kier alpha value is -2.54. The van der Waals surface area contributed by atoms with Crippen LogP contribution in [0.3, 0.4) is 0 Å². The Morgan fingerprint density at radius 1 is 1.41 bits per heavy atom. The van der Waals surface area contributed by atoms with Gasteiger partial charge in [0, 0.05) is 12.6 Å². The van der Waals surface area contributed by atoms with E-state index in [2.05, 4.69) is 10.3 Å². The van der Waals surface area contributed by atoms with Crippen LogP contribution in [0.1, 0.15) is 19.9 Å². The maximum Gasteiger partial charge on any atom is 0.350 e.